The Morgan fingerprint density at radius 1 is 0.365 bits per heavy atom. The van der Waals surface area contributed by atoms with Crippen LogP contribution in [0.25, 0.3) is 33.4 Å². The normalized spacial score (nSPS) is 12.5. The van der Waals surface area contributed by atoms with Gasteiger partial charge in [-0.3, -0.25) is 0 Å². The van der Waals surface area contributed by atoms with Gasteiger partial charge in [-0.2, -0.15) is 0 Å². The first-order chi connectivity index (χ1) is 46.0. The standard InChI is InChI=1S/C73H113.C15H14.C5H5.2ClH.Zr/c1-9-11-13-15-17-19-21-23-25-27-29-31-33-35-37-39-41-43-49-60-51-45-47-53-64(60)68-56-62-55-63-57-69(71(73(6,7)8)59-67(63)66(62)58-70(68)72(3,4)5)65-54-48-46-52-61(65)50-44-42-40-38-36-34-32-30-28-26-24-22-20-18-16-14-12-10-2;1-3-8-14(9-4-1)12-7-13-15-10-5-2-6-11-15;1-2-4-5-3-1;;;/h45-48,51-54,56,58-59H,9-44,49-50,55H2,1-8H3;1-6,8-11H,12-13H2;1-3H,4H2;2*1H;/q;;;;;+2/p-2. The van der Waals surface area contributed by atoms with Gasteiger partial charge in [0.15, 0.2) is 0 Å². The Labute approximate surface area is 610 Å². The second kappa shape index (κ2) is 45.1. The molecule has 0 heterocycles. The minimum atomic E-state index is -3.06. The number of aryl methyl sites for hydroxylation is 2. The van der Waals surface area contributed by atoms with E-state index in [2.05, 4.69) is 201 Å². The Morgan fingerprint density at radius 2 is 0.729 bits per heavy atom. The largest absolute Gasteiger partial charge is 1.00 e. The summed E-state index contributed by atoms with van der Waals surface area (Å²) in [4.78, 5) is 0. The summed E-state index contributed by atoms with van der Waals surface area (Å²) in [6, 6.07) is 50.7. The Morgan fingerprint density at radius 3 is 1.12 bits per heavy atom. The first-order valence-corrected chi connectivity index (χ1v) is 43.4. The van der Waals surface area contributed by atoms with E-state index in [1.165, 1.54) is 287 Å². The van der Waals surface area contributed by atoms with Crippen molar-refractivity contribution in [1.82, 2.24) is 0 Å². The molecule has 0 aliphatic heterocycles. The van der Waals surface area contributed by atoms with Crippen LogP contribution >= 0.6 is 0 Å². The minimum Gasteiger partial charge on any atom is -1.00 e. The molecule has 522 valence electrons. The van der Waals surface area contributed by atoms with Gasteiger partial charge in [0, 0.05) is 0 Å². The van der Waals surface area contributed by atoms with Crippen molar-refractivity contribution in [3.05, 3.63) is 193 Å². The fourth-order valence-electron chi connectivity index (χ4n) is 15.9. The molecule has 0 unspecified atom stereocenters. The molecule has 0 bridgehead atoms. The van der Waals surface area contributed by atoms with Gasteiger partial charge < -0.3 is 24.8 Å². The fraction of sp³-hybridized carbons (Fsp3) is 0.559. The second-order valence-corrected chi connectivity index (χ2v) is 37.8. The number of hydrogen-bond acceptors (Lipinski definition) is 0. The van der Waals surface area contributed by atoms with Gasteiger partial charge in [-0.1, -0.05) is 181 Å². The summed E-state index contributed by atoms with van der Waals surface area (Å²) in [7, 11) is 0. The molecule has 96 heavy (non-hydrogen) atoms. The molecule has 0 saturated heterocycles. The van der Waals surface area contributed by atoms with Gasteiger partial charge in [-0.25, -0.2) is 0 Å². The molecule has 8 rings (SSSR count). The van der Waals surface area contributed by atoms with Crippen LogP contribution in [-0.4, -0.2) is 3.21 Å². The first kappa shape index (κ1) is 81.1. The average molecular weight is 1410 g/mol. The van der Waals surface area contributed by atoms with Crippen molar-refractivity contribution in [1.29, 1.82) is 0 Å². The zero-order chi connectivity index (χ0) is 66.1. The third-order valence-corrected chi connectivity index (χ3v) is 29.0. The molecule has 0 spiro atoms. The van der Waals surface area contributed by atoms with E-state index in [0.717, 1.165) is 38.5 Å². The Kier molecular flexibility index (Phi) is 38.1. The van der Waals surface area contributed by atoms with Gasteiger partial charge in [0.05, 0.1) is 0 Å². The molecule has 0 fully saturated rings. The van der Waals surface area contributed by atoms with Gasteiger partial charge in [0.25, 0.3) is 0 Å². The zero-order valence-corrected chi connectivity index (χ0v) is 66.3. The van der Waals surface area contributed by atoms with E-state index in [9.17, 15) is 0 Å². The summed E-state index contributed by atoms with van der Waals surface area (Å²) in [6.07, 6.45) is 64.7. The van der Waals surface area contributed by atoms with Gasteiger partial charge in [0.1, 0.15) is 0 Å². The van der Waals surface area contributed by atoms with Crippen LogP contribution in [0, 0.1) is 0 Å². The van der Waals surface area contributed by atoms with E-state index >= 15 is 0 Å². The topological polar surface area (TPSA) is 0 Å². The molecule has 6 aromatic rings. The molecular formula is C93H132Cl2Zr. The van der Waals surface area contributed by atoms with Gasteiger partial charge in [-0.15, -0.1) is 0 Å². The van der Waals surface area contributed by atoms with Gasteiger partial charge in [-0.05, 0) is 0 Å². The predicted molar refractivity (Wildman–Crippen MR) is 415 cm³/mol. The van der Waals surface area contributed by atoms with E-state index < -0.39 is 21.3 Å². The van der Waals surface area contributed by atoms with Crippen LogP contribution in [0.2, 0.25) is 0 Å². The third-order valence-electron chi connectivity index (χ3n) is 21.4. The molecule has 0 nitrogen and oxygen atoms in total. The van der Waals surface area contributed by atoms with Crippen molar-refractivity contribution in [3.8, 4) is 33.4 Å². The number of fused-ring (bicyclic) bond motifs is 3. The van der Waals surface area contributed by atoms with Crippen LogP contribution in [0.1, 0.15) is 337 Å². The van der Waals surface area contributed by atoms with E-state index in [-0.39, 0.29) is 35.6 Å². The van der Waals surface area contributed by atoms with Gasteiger partial charge in [0.2, 0.25) is 0 Å². The first-order valence-electron chi connectivity index (χ1n) is 39.7. The molecule has 0 atom stereocenters. The predicted octanol–water partition coefficient (Wildman–Crippen LogP) is 22.1. The average Bonchev–Trinajstić information content (AvgIpc) is 1.46. The number of hydrogen-bond donors (Lipinski definition) is 0. The number of rotatable bonds is 46. The molecule has 2 aliphatic carbocycles. The summed E-state index contributed by atoms with van der Waals surface area (Å²) >= 11 is -3.06. The maximum atomic E-state index is 2.75. The van der Waals surface area contributed by atoms with E-state index in [1.54, 1.807) is 32.0 Å². The number of unbranched alkanes of at least 4 members (excludes halogenated alkanes) is 34. The molecule has 0 radical (unpaired) electrons. The van der Waals surface area contributed by atoms with Crippen LogP contribution in [0.4, 0.5) is 0 Å². The zero-order valence-electron chi connectivity index (χ0n) is 62.3. The van der Waals surface area contributed by atoms with Crippen molar-refractivity contribution in [2.75, 3.05) is 0 Å². The molecule has 0 N–H and O–H groups in total. The van der Waals surface area contributed by atoms with Crippen LogP contribution < -0.4 is 28.1 Å². The quantitative estimate of drug-likeness (QED) is 0.0334. The SMILES string of the molecule is CCCCCCCCCCCCCCCCCCCCc1ccccc1-c1cc2c(cc1C(C)(C)C)-c1cc(C(C)(C)C)c(-c3ccccc3CCCCCCCCCCCCCCCCCCCC)[c]([Zr+2]([C]3=CC=CC3)=[C](Cc3ccccc3)Cc3ccccc3)c1C2.[Cl-].[Cl-]. The molecular weight excluding hydrogens is 1280 g/mol. The second-order valence-electron chi connectivity index (χ2n) is 31.4. The monoisotopic (exact) mass is 1410 g/mol. The maximum Gasteiger partial charge on any atom is -1.00 e. The number of allylic oxidation sites excluding steroid dienone is 4. The third kappa shape index (κ3) is 26.3. The molecule has 0 amide bonds. The van der Waals surface area contributed by atoms with Crippen molar-refractivity contribution >= 4 is 6.48 Å². The summed E-state index contributed by atoms with van der Waals surface area (Å²) in [5.74, 6) is 0. The summed E-state index contributed by atoms with van der Waals surface area (Å²) in [6.45, 7) is 19.6. The van der Waals surface area contributed by atoms with Crippen LogP contribution in [0.15, 0.2) is 149 Å². The van der Waals surface area contributed by atoms with E-state index in [4.69, 9.17) is 0 Å². The Hall–Kier alpha value is -3.87. The van der Waals surface area contributed by atoms with Crippen molar-refractivity contribution < 1.29 is 46.1 Å². The van der Waals surface area contributed by atoms with E-state index in [1.807, 2.05) is 0 Å². The Balaban J connectivity index is 0.00000729. The molecule has 2 aliphatic rings. The van der Waals surface area contributed by atoms with Crippen LogP contribution in [0.5, 0.6) is 0 Å². The summed E-state index contributed by atoms with van der Waals surface area (Å²) in [5, 5.41) is 0. The van der Waals surface area contributed by atoms with Crippen LogP contribution in [-0.2, 0) is 64.2 Å². The minimum absolute atomic E-state index is 0. The number of halogens is 2. The maximum absolute atomic E-state index is 3.06. The fourth-order valence-corrected chi connectivity index (χ4v) is 24.6. The molecule has 0 saturated carbocycles. The van der Waals surface area contributed by atoms with Crippen molar-refractivity contribution in [3.63, 3.8) is 0 Å². The Bertz CT molecular complexity index is 3190. The van der Waals surface area contributed by atoms with E-state index in [0.29, 0.717) is 0 Å². The van der Waals surface area contributed by atoms with Crippen molar-refractivity contribution in [2.24, 2.45) is 0 Å². The molecule has 0 aromatic heterocycles. The van der Waals surface area contributed by atoms with Gasteiger partial charge >= 0.3 is 410 Å². The number of benzene rings is 6. The molecule has 6 aromatic carbocycles. The molecule has 3 heteroatoms. The van der Waals surface area contributed by atoms with Crippen LogP contribution in [0.3, 0.4) is 0 Å². The van der Waals surface area contributed by atoms with Crippen molar-refractivity contribution in [2.45, 2.75) is 336 Å². The summed E-state index contributed by atoms with van der Waals surface area (Å²) in [5.41, 5.74) is 21.1. The smallest absolute Gasteiger partial charge is 1.00 e. The summed E-state index contributed by atoms with van der Waals surface area (Å²) < 4.78 is 5.31.